The van der Waals surface area contributed by atoms with Crippen molar-refractivity contribution < 1.29 is 9.21 Å². The zero-order valence-corrected chi connectivity index (χ0v) is 15.3. The zero-order chi connectivity index (χ0) is 18.1. The van der Waals surface area contributed by atoms with Gasteiger partial charge >= 0.3 is 0 Å². The van der Waals surface area contributed by atoms with Gasteiger partial charge in [0.2, 0.25) is 0 Å². The Morgan fingerprint density at radius 2 is 2.00 bits per heavy atom. The maximum Gasteiger partial charge on any atom is 0.253 e. The predicted octanol–water partition coefficient (Wildman–Crippen LogP) is 4.34. The standard InChI is InChI=1S/C22H24N2O2/c1-16-12-19-13-18(8-9-21(19)26-16)22(25)23(2)14-17-10-11-24(15-17)20-6-4-3-5-7-20/h3-9,12-13,17H,10-11,14-15H2,1-2H3. The molecule has 1 aromatic heterocycles. The number of rotatable bonds is 4. The molecular formula is C22H24N2O2. The van der Waals surface area contributed by atoms with Crippen LogP contribution in [-0.4, -0.2) is 37.5 Å². The summed E-state index contributed by atoms with van der Waals surface area (Å²) in [6.45, 7) is 4.76. The second-order valence-electron chi connectivity index (χ2n) is 7.23. The van der Waals surface area contributed by atoms with E-state index in [1.165, 1.54) is 5.69 Å². The van der Waals surface area contributed by atoms with Gasteiger partial charge in [-0.05, 0) is 55.7 Å². The molecule has 0 N–H and O–H groups in total. The van der Waals surface area contributed by atoms with E-state index in [0.29, 0.717) is 5.92 Å². The van der Waals surface area contributed by atoms with E-state index in [1.807, 2.05) is 49.2 Å². The molecule has 0 saturated carbocycles. The van der Waals surface area contributed by atoms with Gasteiger partial charge in [-0.3, -0.25) is 4.79 Å². The highest BCUT2D eigenvalue weighted by Gasteiger charge is 2.25. The Hall–Kier alpha value is -2.75. The van der Waals surface area contributed by atoms with Gasteiger partial charge in [0.1, 0.15) is 11.3 Å². The fraction of sp³-hybridized carbons (Fsp3) is 0.318. The molecule has 1 saturated heterocycles. The van der Waals surface area contributed by atoms with Gasteiger partial charge in [0.25, 0.3) is 5.91 Å². The average molecular weight is 348 g/mol. The van der Waals surface area contributed by atoms with Crippen LogP contribution in [0.2, 0.25) is 0 Å². The Morgan fingerprint density at radius 3 is 2.81 bits per heavy atom. The first-order valence-electron chi connectivity index (χ1n) is 9.16. The van der Waals surface area contributed by atoms with Crippen LogP contribution in [0.5, 0.6) is 0 Å². The van der Waals surface area contributed by atoms with E-state index in [2.05, 4.69) is 29.2 Å². The summed E-state index contributed by atoms with van der Waals surface area (Å²) in [5.74, 6) is 1.44. The minimum atomic E-state index is 0.0731. The maximum absolute atomic E-state index is 12.8. The van der Waals surface area contributed by atoms with E-state index in [9.17, 15) is 4.79 Å². The lowest BCUT2D eigenvalue weighted by atomic mass is 10.1. The molecule has 1 amide bonds. The highest BCUT2D eigenvalue weighted by atomic mass is 16.3. The number of carbonyl (C=O) groups is 1. The van der Waals surface area contributed by atoms with Crippen LogP contribution in [0, 0.1) is 12.8 Å². The summed E-state index contributed by atoms with van der Waals surface area (Å²) >= 11 is 0. The predicted molar refractivity (Wildman–Crippen MR) is 105 cm³/mol. The van der Waals surface area contributed by atoms with Gasteiger partial charge in [-0.2, -0.15) is 0 Å². The fourth-order valence-corrected chi connectivity index (χ4v) is 3.85. The molecule has 2 aromatic carbocycles. The van der Waals surface area contributed by atoms with Gasteiger partial charge in [0.05, 0.1) is 0 Å². The second-order valence-corrected chi connectivity index (χ2v) is 7.23. The Kier molecular flexibility index (Phi) is 4.41. The van der Waals surface area contributed by atoms with E-state index in [1.54, 1.807) is 0 Å². The first-order valence-corrected chi connectivity index (χ1v) is 9.16. The molecule has 4 rings (SSSR count). The number of para-hydroxylation sites is 1. The quantitative estimate of drug-likeness (QED) is 0.704. The number of fused-ring (bicyclic) bond motifs is 1. The molecule has 1 aliphatic heterocycles. The molecule has 0 aliphatic carbocycles. The Balaban J connectivity index is 1.41. The van der Waals surface area contributed by atoms with Crippen LogP contribution in [0.15, 0.2) is 59.0 Å². The number of furan rings is 1. The molecule has 134 valence electrons. The lowest BCUT2D eigenvalue weighted by molar-refractivity contribution is 0.0776. The van der Waals surface area contributed by atoms with Gasteiger partial charge in [-0.1, -0.05) is 18.2 Å². The third kappa shape index (κ3) is 3.32. The first kappa shape index (κ1) is 16.7. The highest BCUT2D eigenvalue weighted by Crippen LogP contribution is 2.25. The molecule has 4 heteroatoms. The number of hydrogen-bond donors (Lipinski definition) is 0. The van der Waals surface area contributed by atoms with E-state index in [0.717, 1.165) is 48.3 Å². The van der Waals surface area contributed by atoms with Gasteiger partial charge in [-0.25, -0.2) is 0 Å². The summed E-state index contributed by atoms with van der Waals surface area (Å²) in [5, 5.41) is 0.984. The van der Waals surface area contributed by atoms with Crippen molar-refractivity contribution in [1.82, 2.24) is 4.90 Å². The Labute approximate surface area is 154 Å². The van der Waals surface area contributed by atoms with Crippen molar-refractivity contribution in [2.24, 2.45) is 5.92 Å². The molecule has 1 fully saturated rings. The largest absolute Gasteiger partial charge is 0.461 e. The summed E-state index contributed by atoms with van der Waals surface area (Å²) < 4.78 is 5.59. The molecule has 1 aliphatic rings. The SMILES string of the molecule is Cc1cc2cc(C(=O)N(C)CC3CCN(c4ccccc4)C3)ccc2o1. The summed E-state index contributed by atoms with van der Waals surface area (Å²) in [6, 6.07) is 18.1. The summed E-state index contributed by atoms with van der Waals surface area (Å²) in [7, 11) is 1.90. The third-order valence-electron chi connectivity index (χ3n) is 5.17. The molecule has 0 bridgehead atoms. The second kappa shape index (κ2) is 6.87. The maximum atomic E-state index is 12.8. The minimum Gasteiger partial charge on any atom is -0.461 e. The molecule has 3 aromatic rings. The summed E-state index contributed by atoms with van der Waals surface area (Å²) in [6.07, 6.45) is 1.12. The molecule has 0 spiro atoms. The van der Waals surface area contributed by atoms with Crippen LogP contribution < -0.4 is 4.90 Å². The molecule has 0 radical (unpaired) electrons. The molecule has 1 atom stereocenters. The molecule has 1 unspecified atom stereocenters. The van der Waals surface area contributed by atoms with Crippen molar-refractivity contribution in [2.75, 3.05) is 31.6 Å². The normalized spacial score (nSPS) is 17.0. The van der Waals surface area contributed by atoms with Gasteiger partial charge in [-0.15, -0.1) is 0 Å². The van der Waals surface area contributed by atoms with E-state index in [4.69, 9.17) is 4.42 Å². The summed E-state index contributed by atoms with van der Waals surface area (Å²) in [4.78, 5) is 17.1. The van der Waals surface area contributed by atoms with Gasteiger partial charge in [0.15, 0.2) is 0 Å². The van der Waals surface area contributed by atoms with Gasteiger partial charge < -0.3 is 14.2 Å². The van der Waals surface area contributed by atoms with Crippen molar-refractivity contribution >= 4 is 22.6 Å². The lowest BCUT2D eigenvalue weighted by Crippen LogP contribution is -2.33. The molecule has 26 heavy (non-hydrogen) atoms. The highest BCUT2D eigenvalue weighted by molar-refractivity contribution is 5.97. The van der Waals surface area contributed by atoms with E-state index < -0.39 is 0 Å². The Morgan fingerprint density at radius 1 is 1.19 bits per heavy atom. The Bertz CT molecular complexity index is 916. The number of anilines is 1. The van der Waals surface area contributed by atoms with Crippen LogP contribution in [-0.2, 0) is 0 Å². The molecular weight excluding hydrogens is 324 g/mol. The number of aryl methyl sites for hydroxylation is 1. The van der Waals surface area contributed by atoms with Crippen molar-refractivity contribution in [3.63, 3.8) is 0 Å². The number of amides is 1. The van der Waals surface area contributed by atoms with Crippen molar-refractivity contribution in [3.8, 4) is 0 Å². The van der Waals surface area contributed by atoms with Crippen molar-refractivity contribution in [1.29, 1.82) is 0 Å². The fourth-order valence-electron chi connectivity index (χ4n) is 3.85. The van der Waals surface area contributed by atoms with Crippen molar-refractivity contribution in [3.05, 3.63) is 65.9 Å². The molecule has 4 nitrogen and oxygen atoms in total. The van der Waals surface area contributed by atoms with Gasteiger partial charge in [0, 0.05) is 43.3 Å². The van der Waals surface area contributed by atoms with Crippen LogP contribution in [0.4, 0.5) is 5.69 Å². The summed E-state index contributed by atoms with van der Waals surface area (Å²) in [5.41, 5.74) is 2.82. The van der Waals surface area contributed by atoms with Crippen LogP contribution in [0.3, 0.4) is 0 Å². The number of carbonyl (C=O) groups excluding carboxylic acids is 1. The average Bonchev–Trinajstić information content (AvgIpc) is 3.26. The number of hydrogen-bond acceptors (Lipinski definition) is 3. The van der Waals surface area contributed by atoms with Crippen LogP contribution in [0.25, 0.3) is 11.0 Å². The van der Waals surface area contributed by atoms with E-state index >= 15 is 0 Å². The van der Waals surface area contributed by atoms with E-state index in [-0.39, 0.29) is 5.91 Å². The monoisotopic (exact) mass is 348 g/mol. The van der Waals surface area contributed by atoms with Crippen LogP contribution >= 0.6 is 0 Å². The smallest absolute Gasteiger partial charge is 0.253 e. The number of nitrogens with zero attached hydrogens (tertiary/aromatic N) is 2. The lowest BCUT2D eigenvalue weighted by Gasteiger charge is -2.22. The topological polar surface area (TPSA) is 36.7 Å². The zero-order valence-electron chi connectivity index (χ0n) is 15.3. The number of benzene rings is 2. The van der Waals surface area contributed by atoms with Crippen molar-refractivity contribution in [2.45, 2.75) is 13.3 Å². The van der Waals surface area contributed by atoms with Crippen LogP contribution in [0.1, 0.15) is 22.5 Å². The third-order valence-corrected chi connectivity index (χ3v) is 5.17. The molecule has 2 heterocycles. The first-order chi connectivity index (χ1) is 12.6. The minimum absolute atomic E-state index is 0.0731.